The van der Waals surface area contributed by atoms with E-state index in [1.165, 1.54) is 23.1 Å². The summed E-state index contributed by atoms with van der Waals surface area (Å²) in [6.07, 6.45) is 2.93. The number of amides is 1. The summed E-state index contributed by atoms with van der Waals surface area (Å²) in [6.45, 7) is 15.7. The van der Waals surface area contributed by atoms with Crippen LogP contribution in [0.25, 0.3) is 0 Å². The van der Waals surface area contributed by atoms with Crippen molar-refractivity contribution in [3.8, 4) is 5.40 Å². The first-order valence-electron chi connectivity index (χ1n) is 22.5. The molecule has 7 rings (SSSR count). The Morgan fingerprint density at radius 2 is 1.31 bits per heavy atom. The van der Waals surface area contributed by atoms with Crippen LogP contribution in [0.1, 0.15) is 90.0 Å². The predicted octanol–water partition coefficient (Wildman–Crippen LogP) is 13.0. The van der Waals surface area contributed by atoms with Crippen molar-refractivity contribution in [2.45, 2.75) is 85.5 Å². The Kier molecular flexibility index (Phi) is 21.7. The van der Waals surface area contributed by atoms with Gasteiger partial charge in [0.25, 0.3) is 0 Å². The minimum absolute atomic E-state index is 0.0445. The number of halogens is 2. The molecule has 2 saturated carbocycles. The first-order chi connectivity index (χ1) is 32.0. The van der Waals surface area contributed by atoms with Gasteiger partial charge in [-0.15, -0.1) is 0 Å². The summed E-state index contributed by atoms with van der Waals surface area (Å²) < 4.78 is 10.5. The van der Waals surface area contributed by atoms with Crippen LogP contribution < -0.4 is 16.0 Å². The molecule has 13 heteroatoms. The third-order valence-corrected chi connectivity index (χ3v) is 13.9. The van der Waals surface area contributed by atoms with Crippen LogP contribution in [0.2, 0.25) is 10.0 Å². The Labute approximate surface area is 417 Å². The van der Waals surface area contributed by atoms with E-state index in [1.54, 1.807) is 18.2 Å². The van der Waals surface area contributed by atoms with Crippen LogP contribution in [0.4, 0.5) is 10.5 Å². The number of aliphatic hydroxyl groups is 1. The zero-order valence-electron chi connectivity index (χ0n) is 39.4. The fraction of sp³-hybridized carbons (Fsp3) is 0.370. The Balaban J connectivity index is 0.000000202. The monoisotopic (exact) mass is 982 g/mol. The van der Waals surface area contributed by atoms with E-state index >= 15 is 0 Å². The molecule has 0 spiro atoms. The molecule has 1 amide bonds. The number of carbonyl (C=O) groups is 2. The van der Waals surface area contributed by atoms with E-state index in [4.69, 9.17) is 55.3 Å². The zero-order valence-corrected chi connectivity index (χ0v) is 42.6. The molecule has 0 aromatic heterocycles. The van der Waals surface area contributed by atoms with Crippen LogP contribution in [-0.2, 0) is 19.8 Å². The number of carbonyl (C=O) groups excluding carboxylic acids is 2. The van der Waals surface area contributed by atoms with Crippen molar-refractivity contribution in [3.05, 3.63) is 172 Å². The van der Waals surface area contributed by atoms with Crippen molar-refractivity contribution in [3.63, 3.8) is 0 Å². The molecule has 67 heavy (non-hydrogen) atoms. The fourth-order valence-corrected chi connectivity index (χ4v) is 9.81. The van der Waals surface area contributed by atoms with E-state index in [2.05, 4.69) is 142 Å². The standard InChI is InChI=1S/C23H25N.C13H19NO2S.C10H13NO2.C8H7Cl2NOS/c1-19(2)18-24-23(20-12-6-3-7-13-20,21-14-8-4-9-15-21)22-16-10-5-11-17-22;1-12(2)9-4-5-13(12,3)10(6-9)16-11(15)7-17-8-14;1-8(2)13-10(12)11-9-6-4-3-5-7-9;9-5-2-1-3-6(10)7(5)8(13)11-4-12/h3-17,19,24H,18H2,1-2H3;9-10H,4-7H2,1-3H3;3-8H,1-2H3,(H,11,12);1-3,12H,4H2,(H,11,13). The molecule has 5 aromatic rings. The maximum Gasteiger partial charge on any atom is 0.411 e. The number of aliphatic hydroxyl groups excluding tert-OH is 1. The summed E-state index contributed by atoms with van der Waals surface area (Å²) in [5.41, 5.74) is 5.14. The van der Waals surface area contributed by atoms with Gasteiger partial charge in [0.05, 0.1) is 21.7 Å². The van der Waals surface area contributed by atoms with Gasteiger partial charge in [-0.3, -0.25) is 15.4 Å². The number of hydrogen-bond acceptors (Lipinski definition) is 9. The number of hydrogen-bond donors (Lipinski definition) is 4. The number of anilines is 1. The summed E-state index contributed by atoms with van der Waals surface area (Å²) in [7, 11) is 0. The molecule has 2 aliphatic rings. The molecule has 4 N–H and O–H groups in total. The molecule has 2 bridgehead atoms. The topological polar surface area (TPSA) is 133 Å². The maximum absolute atomic E-state index is 11.6. The van der Waals surface area contributed by atoms with E-state index in [-0.39, 0.29) is 47.0 Å². The summed E-state index contributed by atoms with van der Waals surface area (Å²) in [4.78, 5) is 23.0. The van der Waals surface area contributed by atoms with Gasteiger partial charge < -0.3 is 19.9 Å². The Hall–Kier alpha value is -4.93. The number of esters is 1. The SMILES string of the molecule is CC(C)CNC(c1ccccc1)(c1ccccc1)c1ccccc1.CC(C)OC(=O)Nc1ccccc1.CC1(C)C2CCC1(C)C(OC(=O)CSC#N)C2.OCNC(=S)c1c(Cl)cccc1Cl. The van der Waals surface area contributed by atoms with Gasteiger partial charge in [0.2, 0.25) is 0 Å². The van der Waals surface area contributed by atoms with Crippen molar-refractivity contribution in [2.24, 2.45) is 22.7 Å². The number of ether oxygens (including phenoxy) is 2. The second-order valence-electron chi connectivity index (χ2n) is 17.8. The number of nitrogens with one attached hydrogen (secondary N) is 3. The molecular weight excluding hydrogens is 920 g/mol. The van der Waals surface area contributed by atoms with Crippen LogP contribution >= 0.6 is 47.2 Å². The largest absolute Gasteiger partial charge is 0.461 e. The molecule has 3 atom stereocenters. The highest BCUT2D eigenvalue weighted by Crippen LogP contribution is 2.66. The number of thiocarbonyl (C=S) groups is 1. The quantitative estimate of drug-likeness (QED) is 0.0297. The summed E-state index contributed by atoms with van der Waals surface area (Å²) in [6, 6.07) is 46.5. The number of fused-ring (bicyclic) bond motifs is 2. The summed E-state index contributed by atoms with van der Waals surface area (Å²) in [5.74, 6) is 1.15. The Morgan fingerprint density at radius 3 is 1.72 bits per heavy atom. The van der Waals surface area contributed by atoms with Crippen molar-refractivity contribution >= 4 is 69.9 Å². The highest BCUT2D eigenvalue weighted by atomic mass is 35.5. The number of rotatable bonds is 13. The van der Waals surface area contributed by atoms with Gasteiger partial charge in [-0.05, 0) is 110 Å². The molecule has 0 aliphatic heterocycles. The van der Waals surface area contributed by atoms with Gasteiger partial charge in [-0.2, -0.15) is 5.26 Å². The van der Waals surface area contributed by atoms with Crippen molar-refractivity contribution < 1.29 is 24.2 Å². The first-order valence-corrected chi connectivity index (χ1v) is 24.6. The van der Waals surface area contributed by atoms with Crippen LogP contribution in [0.5, 0.6) is 0 Å². The second-order valence-corrected chi connectivity index (χ2v) is 19.8. The lowest BCUT2D eigenvalue weighted by Gasteiger charge is -2.38. The van der Waals surface area contributed by atoms with Crippen molar-refractivity contribution in [1.29, 1.82) is 5.26 Å². The van der Waals surface area contributed by atoms with Gasteiger partial charge in [0, 0.05) is 16.7 Å². The lowest BCUT2D eigenvalue weighted by Crippen LogP contribution is -2.46. The minimum Gasteiger partial charge on any atom is -0.461 e. The number of nitriles is 1. The van der Waals surface area contributed by atoms with Gasteiger partial charge in [-0.25, -0.2) is 4.79 Å². The summed E-state index contributed by atoms with van der Waals surface area (Å²) >= 11 is 17.6. The molecule has 3 unspecified atom stereocenters. The third kappa shape index (κ3) is 15.0. The third-order valence-electron chi connectivity index (χ3n) is 12.4. The van der Waals surface area contributed by atoms with E-state index in [0.29, 0.717) is 32.4 Å². The average Bonchev–Trinajstić information content (AvgIpc) is 3.64. The molecule has 5 aromatic carbocycles. The van der Waals surface area contributed by atoms with Gasteiger partial charge in [-0.1, -0.05) is 185 Å². The number of para-hydroxylation sites is 1. The van der Waals surface area contributed by atoms with Gasteiger partial charge in [0.1, 0.15) is 29.0 Å². The number of benzene rings is 5. The number of thioether (sulfide) groups is 1. The smallest absolute Gasteiger partial charge is 0.411 e. The van der Waals surface area contributed by atoms with Crippen LogP contribution in [0, 0.1) is 33.3 Å². The van der Waals surface area contributed by atoms with Crippen LogP contribution in [0.3, 0.4) is 0 Å². The van der Waals surface area contributed by atoms with E-state index in [0.717, 1.165) is 36.8 Å². The minimum atomic E-state index is -0.416. The van der Waals surface area contributed by atoms with Crippen molar-refractivity contribution in [2.75, 3.05) is 24.3 Å². The highest BCUT2D eigenvalue weighted by molar-refractivity contribution is 8.04. The van der Waals surface area contributed by atoms with Crippen LogP contribution in [-0.4, -0.2) is 53.4 Å². The lowest BCUT2D eigenvalue weighted by molar-refractivity contribution is -0.153. The molecule has 2 aliphatic carbocycles. The normalized spacial score (nSPS) is 17.5. The number of nitrogens with zero attached hydrogens (tertiary/aromatic N) is 1. The molecule has 0 saturated heterocycles. The van der Waals surface area contributed by atoms with Crippen molar-refractivity contribution in [1.82, 2.24) is 10.6 Å². The van der Waals surface area contributed by atoms with Gasteiger partial charge >= 0.3 is 12.1 Å². The summed E-state index contributed by atoms with van der Waals surface area (Å²) in [5, 5.41) is 28.9. The number of thiocyanates is 1. The molecule has 9 nitrogen and oxygen atoms in total. The predicted molar refractivity (Wildman–Crippen MR) is 279 cm³/mol. The molecule has 2 fully saturated rings. The molecule has 356 valence electrons. The van der Waals surface area contributed by atoms with E-state index < -0.39 is 6.09 Å². The maximum atomic E-state index is 11.6. The van der Waals surface area contributed by atoms with Gasteiger partial charge in [0.15, 0.2) is 0 Å². The van der Waals surface area contributed by atoms with E-state index in [1.807, 2.05) is 49.6 Å². The van der Waals surface area contributed by atoms with E-state index in [9.17, 15) is 9.59 Å². The second kappa shape index (κ2) is 26.6. The first kappa shape index (κ1) is 54.7. The Morgan fingerprint density at radius 1 is 0.821 bits per heavy atom. The van der Waals surface area contributed by atoms with Crippen LogP contribution in [0.15, 0.2) is 140 Å². The Bertz CT molecular complexity index is 2240. The molecule has 0 heterocycles. The molecule has 0 radical (unpaired) electrons. The highest BCUT2D eigenvalue weighted by Gasteiger charge is 2.62. The lowest BCUT2D eigenvalue weighted by atomic mass is 9.70. The average molecular weight is 984 g/mol. The zero-order chi connectivity index (χ0) is 49.0. The molecular formula is C54H64Cl2N4O5S2. The fourth-order valence-electron chi connectivity index (χ4n) is 8.58.